The van der Waals surface area contributed by atoms with Crippen LogP contribution in [0, 0.1) is 15.9 Å². The molecule has 0 radical (unpaired) electrons. The first kappa shape index (κ1) is 21.2. The summed E-state index contributed by atoms with van der Waals surface area (Å²) in [7, 11) is 0. The second-order valence-corrected chi connectivity index (χ2v) is 7.38. The van der Waals surface area contributed by atoms with Crippen molar-refractivity contribution in [2.24, 2.45) is 0 Å². The third-order valence-corrected chi connectivity index (χ3v) is 5.38. The summed E-state index contributed by atoms with van der Waals surface area (Å²) in [4.78, 5) is 38.9. The minimum absolute atomic E-state index is 0.0550. The van der Waals surface area contributed by atoms with Gasteiger partial charge in [0.1, 0.15) is 11.5 Å². The molecule has 0 aliphatic carbocycles. The maximum atomic E-state index is 14.4. The van der Waals surface area contributed by atoms with E-state index in [-0.39, 0.29) is 34.5 Å². The zero-order chi connectivity index (χ0) is 22.8. The Balaban J connectivity index is 1.76. The number of amides is 2. The number of piperazine rings is 1. The minimum atomic E-state index is -0.534. The lowest BCUT2D eigenvalue weighted by molar-refractivity contribution is -0.384. The van der Waals surface area contributed by atoms with E-state index in [0.717, 1.165) is 0 Å². The number of nitrogens with zero attached hydrogens (tertiary/aromatic N) is 5. The average molecular weight is 437 g/mol. The molecule has 9 nitrogen and oxygen atoms in total. The van der Waals surface area contributed by atoms with Crippen LogP contribution in [0.3, 0.4) is 0 Å². The number of halogens is 1. The first-order chi connectivity index (χ1) is 15.3. The van der Waals surface area contributed by atoms with Gasteiger partial charge >= 0.3 is 0 Å². The first-order valence-corrected chi connectivity index (χ1v) is 9.99. The van der Waals surface area contributed by atoms with E-state index >= 15 is 0 Å². The quantitative estimate of drug-likeness (QED) is 0.461. The Bertz CT molecular complexity index is 1200. The van der Waals surface area contributed by atoms with Gasteiger partial charge in [-0.25, -0.2) is 9.07 Å². The van der Waals surface area contributed by atoms with Gasteiger partial charge in [-0.3, -0.25) is 19.7 Å². The fourth-order valence-corrected chi connectivity index (χ4v) is 3.66. The molecule has 2 heterocycles. The summed E-state index contributed by atoms with van der Waals surface area (Å²) in [5.41, 5.74) is 0.763. The molecule has 3 aromatic rings. The highest BCUT2D eigenvalue weighted by Crippen LogP contribution is 2.26. The number of hydrogen-bond acceptors (Lipinski definition) is 5. The summed E-state index contributed by atoms with van der Waals surface area (Å²) < 4.78 is 15.7. The maximum Gasteiger partial charge on any atom is 0.272 e. The molecule has 1 fully saturated rings. The number of rotatable bonds is 4. The van der Waals surface area contributed by atoms with Crippen LogP contribution in [0.1, 0.15) is 17.4 Å². The van der Waals surface area contributed by atoms with Crippen molar-refractivity contribution in [3.63, 3.8) is 0 Å². The summed E-state index contributed by atoms with van der Waals surface area (Å²) in [5.74, 6) is -0.902. The Morgan fingerprint density at radius 2 is 1.69 bits per heavy atom. The van der Waals surface area contributed by atoms with Gasteiger partial charge in [0.15, 0.2) is 0 Å². The average Bonchev–Trinajstić information content (AvgIpc) is 3.24. The molecule has 32 heavy (non-hydrogen) atoms. The maximum absolute atomic E-state index is 14.4. The van der Waals surface area contributed by atoms with Crippen molar-refractivity contribution in [2.45, 2.75) is 6.92 Å². The third kappa shape index (κ3) is 4.07. The molecule has 4 rings (SSSR count). The predicted molar refractivity (Wildman–Crippen MR) is 114 cm³/mol. The molecule has 0 atom stereocenters. The minimum Gasteiger partial charge on any atom is -0.339 e. The standard InChI is InChI=1S/C22H20FN5O4/c1-15(29)25-9-11-26(12-10-25)22(30)21-14-20(18-7-2-3-8-19(18)23)24-27(21)16-5-4-6-17(13-16)28(31)32/h2-8,13-14H,9-12H2,1H3. The summed E-state index contributed by atoms with van der Waals surface area (Å²) in [6.07, 6.45) is 0. The number of benzene rings is 2. The molecule has 1 aliphatic heterocycles. The van der Waals surface area contributed by atoms with Gasteiger partial charge in [0.25, 0.3) is 11.6 Å². The largest absolute Gasteiger partial charge is 0.339 e. The van der Waals surface area contributed by atoms with Crippen LogP contribution in [-0.2, 0) is 4.79 Å². The van der Waals surface area contributed by atoms with Crippen LogP contribution in [0.2, 0.25) is 0 Å². The monoisotopic (exact) mass is 437 g/mol. The molecule has 1 aliphatic rings. The fourth-order valence-electron chi connectivity index (χ4n) is 3.66. The number of non-ortho nitro benzene ring substituents is 1. The van der Waals surface area contributed by atoms with Crippen molar-refractivity contribution in [1.29, 1.82) is 0 Å². The molecule has 0 unspecified atom stereocenters. The third-order valence-electron chi connectivity index (χ3n) is 5.38. The zero-order valence-electron chi connectivity index (χ0n) is 17.3. The van der Waals surface area contributed by atoms with Crippen LogP contribution in [0.5, 0.6) is 0 Å². The van der Waals surface area contributed by atoms with Gasteiger partial charge < -0.3 is 9.80 Å². The molecular formula is C22H20FN5O4. The number of carbonyl (C=O) groups is 2. The molecule has 0 N–H and O–H groups in total. The highest BCUT2D eigenvalue weighted by atomic mass is 19.1. The van der Waals surface area contributed by atoms with Crippen LogP contribution in [0.25, 0.3) is 16.9 Å². The smallest absolute Gasteiger partial charge is 0.272 e. The normalized spacial score (nSPS) is 13.8. The molecular weight excluding hydrogens is 417 g/mol. The summed E-state index contributed by atoms with van der Waals surface area (Å²) in [6, 6.07) is 13.3. The van der Waals surface area contributed by atoms with Crippen LogP contribution in [0.15, 0.2) is 54.6 Å². The lowest BCUT2D eigenvalue weighted by Crippen LogP contribution is -2.50. The summed E-state index contributed by atoms with van der Waals surface area (Å²) in [6.45, 7) is 2.98. The van der Waals surface area contributed by atoms with E-state index < -0.39 is 10.7 Å². The lowest BCUT2D eigenvalue weighted by atomic mass is 10.1. The Kier molecular flexibility index (Phi) is 5.67. The van der Waals surface area contributed by atoms with Crippen LogP contribution in [-0.4, -0.2) is 62.5 Å². The van der Waals surface area contributed by atoms with E-state index in [0.29, 0.717) is 31.9 Å². The topological polar surface area (TPSA) is 102 Å². The van der Waals surface area contributed by atoms with Gasteiger partial charge in [-0.1, -0.05) is 18.2 Å². The van der Waals surface area contributed by atoms with E-state index in [1.165, 1.54) is 41.9 Å². The molecule has 2 aromatic carbocycles. The van der Waals surface area contributed by atoms with Crippen LogP contribution >= 0.6 is 0 Å². The van der Waals surface area contributed by atoms with Gasteiger partial charge in [-0.2, -0.15) is 5.10 Å². The molecule has 0 bridgehead atoms. The highest BCUT2D eigenvalue weighted by molar-refractivity contribution is 5.94. The molecule has 2 amide bonds. The Labute approximate surface area is 182 Å². The number of nitro benzene ring substituents is 1. The number of hydrogen-bond donors (Lipinski definition) is 0. The fraction of sp³-hybridized carbons (Fsp3) is 0.227. The van der Waals surface area contributed by atoms with Crippen molar-refractivity contribution in [3.05, 3.63) is 76.2 Å². The first-order valence-electron chi connectivity index (χ1n) is 9.99. The van der Waals surface area contributed by atoms with E-state index in [1.807, 2.05) is 0 Å². The Morgan fingerprint density at radius 3 is 2.34 bits per heavy atom. The van der Waals surface area contributed by atoms with E-state index in [4.69, 9.17) is 0 Å². The second kappa shape index (κ2) is 8.58. The van der Waals surface area contributed by atoms with Gasteiger partial charge in [0.2, 0.25) is 5.91 Å². The van der Waals surface area contributed by atoms with E-state index in [9.17, 15) is 24.1 Å². The summed E-state index contributed by atoms with van der Waals surface area (Å²) in [5, 5.41) is 15.6. The van der Waals surface area contributed by atoms with Gasteiger partial charge in [-0.15, -0.1) is 0 Å². The van der Waals surface area contributed by atoms with Crippen molar-refractivity contribution in [2.75, 3.05) is 26.2 Å². The van der Waals surface area contributed by atoms with Crippen LogP contribution in [0.4, 0.5) is 10.1 Å². The predicted octanol–water partition coefficient (Wildman–Crippen LogP) is 2.89. The second-order valence-electron chi connectivity index (χ2n) is 7.38. The summed E-state index contributed by atoms with van der Waals surface area (Å²) >= 11 is 0. The number of nitro groups is 1. The van der Waals surface area contributed by atoms with Gasteiger partial charge in [0, 0.05) is 50.8 Å². The molecule has 0 spiro atoms. The van der Waals surface area contributed by atoms with Gasteiger partial charge in [-0.05, 0) is 24.3 Å². The zero-order valence-corrected chi connectivity index (χ0v) is 17.3. The molecule has 164 valence electrons. The highest BCUT2D eigenvalue weighted by Gasteiger charge is 2.27. The molecule has 10 heteroatoms. The number of carbonyl (C=O) groups excluding carboxylic acids is 2. The van der Waals surface area contributed by atoms with Crippen molar-refractivity contribution in [3.8, 4) is 16.9 Å². The Morgan fingerprint density at radius 1 is 1.00 bits per heavy atom. The van der Waals surface area contributed by atoms with Crippen LogP contribution < -0.4 is 0 Å². The molecule has 1 saturated heterocycles. The van der Waals surface area contributed by atoms with Crippen molar-refractivity contribution in [1.82, 2.24) is 19.6 Å². The Hall–Kier alpha value is -4.08. The van der Waals surface area contributed by atoms with E-state index in [1.54, 1.807) is 34.1 Å². The number of aromatic nitrogens is 2. The van der Waals surface area contributed by atoms with E-state index in [2.05, 4.69) is 5.10 Å². The molecule has 0 saturated carbocycles. The lowest BCUT2D eigenvalue weighted by Gasteiger charge is -2.34. The van der Waals surface area contributed by atoms with Gasteiger partial charge in [0.05, 0.1) is 16.3 Å². The van der Waals surface area contributed by atoms with Crippen molar-refractivity contribution >= 4 is 17.5 Å². The molecule has 1 aromatic heterocycles. The SMILES string of the molecule is CC(=O)N1CCN(C(=O)c2cc(-c3ccccc3F)nn2-c2cccc([N+](=O)[O-])c2)CC1. The van der Waals surface area contributed by atoms with Crippen molar-refractivity contribution < 1.29 is 18.9 Å².